The first-order valence-corrected chi connectivity index (χ1v) is 7.32. The topological polar surface area (TPSA) is 23.8 Å². The van der Waals surface area contributed by atoms with E-state index in [1.165, 1.54) is 36.8 Å². The summed E-state index contributed by atoms with van der Waals surface area (Å²) < 4.78 is 0. The summed E-state index contributed by atoms with van der Waals surface area (Å²) in [6.07, 6.45) is 7.07. The van der Waals surface area contributed by atoms with Crippen LogP contribution in [0.3, 0.4) is 0 Å². The third-order valence-electron chi connectivity index (χ3n) is 4.05. The van der Waals surface area contributed by atoms with E-state index in [0.29, 0.717) is 11.8 Å². The summed E-state index contributed by atoms with van der Waals surface area (Å²) >= 11 is 0. The predicted octanol–water partition coefficient (Wildman–Crippen LogP) is 4.44. The van der Waals surface area contributed by atoms with Crippen LogP contribution in [-0.4, -0.2) is 0 Å². The van der Waals surface area contributed by atoms with E-state index >= 15 is 0 Å². The van der Waals surface area contributed by atoms with Crippen molar-refractivity contribution < 1.29 is 0 Å². The molecule has 0 heterocycles. The fourth-order valence-electron chi connectivity index (χ4n) is 2.95. The SMILES string of the molecule is CCCc1ccc([C@H]2CC[C@H](C#CC#N)CC2)cc1. The molecule has 1 saturated carbocycles. The summed E-state index contributed by atoms with van der Waals surface area (Å²) in [5, 5.41) is 8.47. The molecule has 0 bridgehead atoms. The lowest BCUT2D eigenvalue weighted by Crippen LogP contribution is -2.12. The maximum atomic E-state index is 8.47. The van der Waals surface area contributed by atoms with Crippen LogP contribution in [0.15, 0.2) is 24.3 Å². The van der Waals surface area contributed by atoms with Crippen LogP contribution in [0.25, 0.3) is 0 Å². The van der Waals surface area contributed by atoms with E-state index in [4.69, 9.17) is 5.26 Å². The fraction of sp³-hybridized carbons (Fsp3) is 0.500. The lowest BCUT2D eigenvalue weighted by atomic mass is 9.79. The quantitative estimate of drug-likeness (QED) is 0.729. The zero-order valence-electron chi connectivity index (χ0n) is 11.7. The molecule has 0 unspecified atom stereocenters. The van der Waals surface area contributed by atoms with E-state index in [1.807, 2.05) is 6.07 Å². The lowest BCUT2D eigenvalue weighted by Gasteiger charge is -2.26. The molecule has 0 amide bonds. The van der Waals surface area contributed by atoms with E-state index in [0.717, 1.165) is 12.8 Å². The maximum absolute atomic E-state index is 8.47. The van der Waals surface area contributed by atoms with Crippen molar-refractivity contribution in [2.45, 2.75) is 51.4 Å². The van der Waals surface area contributed by atoms with E-state index in [9.17, 15) is 0 Å². The first-order chi connectivity index (χ1) is 9.33. The molecule has 2 rings (SSSR count). The van der Waals surface area contributed by atoms with Crippen molar-refractivity contribution in [3.63, 3.8) is 0 Å². The Hall–Kier alpha value is -1.73. The van der Waals surface area contributed by atoms with Gasteiger partial charge in [0.2, 0.25) is 0 Å². The van der Waals surface area contributed by atoms with Crippen LogP contribution in [0, 0.1) is 29.1 Å². The van der Waals surface area contributed by atoms with Gasteiger partial charge in [-0.3, -0.25) is 0 Å². The molecular weight excluding hydrogens is 230 g/mol. The van der Waals surface area contributed by atoms with E-state index in [2.05, 4.69) is 43.0 Å². The van der Waals surface area contributed by atoms with Crippen molar-refractivity contribution >= 4 is 0 Å². The molecule has 0 aliphatic heterocycles. The van der Waals surface area contributed by atoms with Crippen LogP contribution >= 0.6 is 0 Å². The third-order valence-corrected chi connectivity index (χ3v) is 4.05. The van der Waals surface area contributed by atoms with Gasteiger partial charge in [-0.1, -0.05) is 43.5 Å². The Labute approximate surface area is 116 Å². The molecule has 19 heavy (non-hydrogen) atoms. The van der Waals surface area contributed by atoms with Gasteiger partial charge in [0.05, 0.1) is 0 Å². The molecule has 1 heteroatoms. The van der Waals surface area contributed by atoms with Gasteiger partial charge in [0.1, 0.15) is 0 Å². The number of hydrogen-bond acceptors (Lipinski definition) is 1. The minimum absolute atomic E-state index is 0.440. The first-order valence-electron chi connectivity index (χ1n) is 7.32. The molecule has 1 aliphatic rings. The van der Waals surface area contributed by atoms with Crippen LogP contribution < -0.4 is 0 Å². The number of nitrogens with zero attached hydrogens (tertiary/aromatic N) is 1. The average Bonchev–Trinajstić information content (AvgIpc) is 2.47. The highest BCUT2D eigenvalue weighted by Gasteiger charge is 2.20. The van der Waals surface area contributed by atoms with Crippen molar-refractivity contribution in [3.8, 4) is 17.9 Å². The molecule has 1 fully saturated rings. The lowest BCUT2D eigenvalue weighted by molar-refractivity contribution is 0.384. The molecule has 1 aromatic carbocycles. The van der Waals surface area contributed by atoms with Crippen molar-refractivity contribution in [1.29, 1.82) is 5.26 Å². The second-order valence-corrected chi connectivity index (χ2v) is 5.42. The normalized spacial score (nSPS) is 22.1. The monoisotopic (exact) mass is 251 g/mol. The van der Waals surface area contributed by atoms with Gasteiger partial charge in [0.25, 0.3) is 0 Å². The molecule has 98 valence electrons. The van der Waals surface area contributed by atoms with Crippen LogP contribution in [0.5, 0.6) is 0 Å². The van der Waals surface area contributed by atoms with Crippen molar-refractivity contribution in [3.05, 3.63) is 35.4 Å². The zero-order valence-corrected chi connectivity index (χ0v) is 11.7. The Balaban J connectivity index is 1.92. The van der Waals surface area contributed by atoms with Crippen LogP contribution in [0.1, 0.15) is 56.1 Å². The second-order valence-electron chi connectivity index (χ2n) is 5.42. The predicted molar refractivity (Wildman–Crippen MR) is 78.5 cm³/mol. The van der Waals surface area contributed by atoms with Crippen molar-refractivity contribution in [2.24, 2.45) is 5.92 Å². The maximum Gasteiger partial charge on any atom is 0.152 e. The largest absolute Gasteiger partial charge is 0.183 e. The van der Waals surface area contributed by atoms with Gasteiger partial charge >= 0.3 is 0 Å². The summed E-state index contributed by atoms with van der Waals surface area (Å²) in [4.78, 5) is 0. The van der Waals surface area contributed by atoms with Crippen molar-refractivity contribution in [1.82, 2.24) is 0 Å². The summed E-state index contributed by atoms with van der Waals surface area (Å²) in [5.74, 6) is 6.74. The van der Waals surface area contributed by atoms with Crippen molar-refractivity contribution in [2.75, 3.05) is 0 Å². The molecule has 0 atom stereocenters. The molecule has 0 saturated heterocycles. The highest BCUT2D eigenvalue weighted by Crippen LogP contribution is 2.35. The number of rotatable bonds is 3. The minimum atomic E-state index is 0.440. The summed E-state index contributed by atoms with van der Waals surface area (Å²) in [5.41, 5.74) is 2.92. The van der Waals surface area contributed by atoms with Gasteiger partial charge in [0, 0.05) is 11.8 Å². The Kier molecular flexibility index (Phi) is 5.05. The molecular formula is C18H21N. The Morgan fingerprint density at radius 1 is 1.11 bits per heavy atom. The van der Waals surface area contributed by atoms with E-state index in [1.54, 1.807) is 0 Å². The van der Waals surface area contributed by atoms with E-state index in [-0.39, 0.29) is 0 Å². The number of hydrogen-bond donors (Lipinski definition) is 0. The van der Waals surface area contributed by atoms with Gasteiger partial charge < -0.3 is 0 Å². The first kappa shape index (κ1) is 13.7. The average molecular weight is 251 g/mol. The summed E-state index contributed by atoms with van der Waals surface area (Å²) in [6, 6.07) is 11.1. The summed E-state index contributed by atoms with van der Waals surface area (Å²) in [6.45, 7) is 2.22. The second kappa shape index (κ2) is 7.01. The molecule has 1 nitrogen and oxygen atoms in total. The molecule has 0 spiro atoms. The smallest absolute Gasteiger partial charge is 0.152 e. The van der Waals surface area contributed by atoms with E-state index < -0.39 is 0 Å². The molecule has 1 aliphatic carbocycles. The van der Waals surface area contributed by atoms with Crippen LogP contribution in [0.2, 0.25) is 0 Å². The Morgan fingerprint density at radius 2 is 1.79 bits per heavy atom. The molecule has 0 aromatic heterocycles. The number of nitriles is 1. The third kappa shape index (κ3) is 3.87. The fourth-order valence-corrected chi connectivity index (χ4v) is 2.95. The van der Waals surface area contributed by atoms with Crippen LogP contribution in [-0.2, 0) is 6.42 Å². The highest BCUT2D eigenvalue weighted by molar-refractivity contribution is 5.26. The van der Waals surface area contributed by atoms with Gasteiger partial charge in [-0.25, -0.2) is 0 Å². The standard InChI is InChI=1S/C18H21N/c1-2-4-15-6-10-17(11-7-15)18-12-8-16(9-13-18)5-3-14-19/h6-7,10-11,16,18H,2,4,8-9,12-13H2,1H3/t16-,18-. The minimum Gasteiger partial charge on any atom is -0.183 e. The zero-order chi connectivity index (χ0) is 13.5. The highest BCUT2D eigenvalue weighted by atomic mass is 14.3. The van der Waals surface area contributed by atoms with Gasteiger partial charge in [-0.05, 0) is 49.1 Å². The Morgan fingerprint density at radius 3 is 2.37 bits per heavy atom. The van der Waals surface area contributed by atoms with Gasteiger partial charge in [0.15, 0.2) is 6.07 Å². The van der Waals surface area contributed by atoms with Gasteiger partial charge in [-0.2, -0.15) is 5.26 Å². The van der Waals surface area contributed by atoms with Gasteiger partial charge in [-0.15, -0.1) is 0 Å². The molecule has 0 radical (unpaired) electrons. The molecule has 1 aromatic rings. The Bertz CT molecular complexity index is 487. The van der Waals surface area contributed by atoms with Crippen LogP contribution in [0.4, 0.5) is 0 Å². The molecule has 0 N–H and O–H groups in total. The number of benzene rings is 1. The number of aryl methyl sites for hydroxylation is 1. The summed E-state index contributed by atoms with van der Waals surface area (Å²) in [7, 11) is 0.